The second kappa shape index (κ2) is 5.49. The van der Waals surface area contributed by atoms with E-state index in [9.17, 15) is 5.11 Å². The molecule has 2 aromatic rings. The molecule has 3 nitrogen and oxygen atoms in total. The van der Waals surface area contributed by atoms with Crippen molar-refractivity contribution in [3.63, 3.8) is 0 Å². The van der Waals surface area contributed by atoms with E-state index in [1.165, 1.54) is 0 Å². The predicted molar refractivity (Wildman–Crippen MR) is 78.8 cm³/mol. The Kier molecular flexibility index (Phi) is 4.22. The van der Waals surface area contributed by atoms with Gasteiger partial charge in [0.2, 0.25) is 0 Å². The van der Waals surface area contributed by atoms with E-state index in [4.69, 9.17) is 0 Å². The fourth-order valence-corrected chi connectivity index (χ4v) is 2.57. The molecule has 0 aliphatic rings. The molecule has 1 unspecified atom stereocenters. The van der Waals surface area contributed by atoms with Gasteiger partial charge < -0.3 is 5.11 Å². The first-order chi connectivity index (χ1) is 8.13. The highest BCUT2D eigenvalue weighted by atomic mass is 127. The predicted octanol–water partition coefficient (Wildman–Crippen LogP) is 3.35. The number of rotatable bonds is 3. The average molecular weight is 407 g/mol. The number of aliphatic hydroxyl groups is 1. The van der Waals surface area contributed by atoms with Crippen LogP contribution < -0.4 is 0 Å². The SMILES string of the molecule is CCn1ncc(Br)c1C(O)c1ccc(I)cc1. The maximum absolute atomic E-state index is 10.4. The number of hydrogen-bond acceptors (Lipinski definition) is 2. The zero-order valence-electron chi connectivity index (χ0n) is 9.27. The van der Waals surface area contributed by atoms with Gasteiger partial charge >= 0.3 is 0 Å². The van der Waals surface area contributed by atoms with E-state index >= 15 is 0 Å². The Morgan fingerprint density at radius 2 is 2.06 bits per heavy atom. The third-order valence-corrected chi connectivity index (χ3v) is 3.91. The summed E-state index contributed by atoms with van der Waals surface area (Å²) in [6.45, 7) is 2.74. The molecule has 0 bridgehead atoms. The van der Waals surface area contributed by atoms with Crippen molar-refractivity contribution in [2.45, 2.75) is 19.6 Å². The number of hydrogen-bond donors (Lipinski definition) is 1. The van der Waals surface area contributed by atoms with Crippen LogP contribution in [0.1, 0.15) is 24.3 Å². The summed E-state index contributed by atoms with van der Waals surface area (Å²) in [7, 11) is 0. The van der Waals surface area contributed by atoms with Crippen molar-refractivity contribution < 1.29 is 5.11 Å². The summed E-state index contributed by atoms with van der Waals surface area (Å²) in [6, 6.07) is 7.84. The van der Waals surface area contributed by atoms with E-state index in [0.717, 1.165) is 25.8 Å². The van der Waals surface area contributed by atoms with Crippen LogP contribution in [0.3, 0.4) is 0 Å². The summed E-state index contributed by atoms with van der Waals surface area (Å²) in [5.74, 6) is 0. The molecule has 0 saturated heterocycles. The van der Waals surface area contributed by atoms with Gasteiger partial charge in [0.15, 0.2) is 0 Å². The van der Waals surface area contributed by atoms with Gasteiger partial charge in [-0.3, -0.25) is 4.68 Å². The topological polar surface area (TPSA) is 38.0 Å². The molecule has 1 atom stereocenters. The minimum Gasteiger partial charge on any atom is -0.382 e. The first kappa shape index (κ1) is 13.0. The van der Waals surface area contributed by atoms with E-state index in [-0.39, 0.29) is 0 Å². The van der Waals surface area contributed by atoms with Crippen molar-refractivity contribution in [1.82, 2.24) is 9.78 Å². The Bertz CT molecular complexity index is 510. The molecule has 1 aromatic heterocycles. The number of halogens is 2. The molecular weight excluding hydrogens is 395 g/mol. The molecule has 1 N–H and O–H groups in total. The molecule has 0 spiro atoms. The van der Waals surface area contributed by atoms with Crippen LogP contribution in [0, 0.1) is 3.57 Å². The molecule has 1 heterocycles. The number of benzene rings is 1. The summed E-state index contributed by atoms with van der Waals surface area (Å²) in [4.78, 5) is 0. The van der Waals surface area contributed by atoms with Gasteiger partial charge in [0, 0.05) is 10.1 Å². The average Bonchev–Trinajstić information content (AvgIpc) is 2.70. The molecule has 0 aliphatic carbocycles. The first-order valence-corrected chi connectivity index (χ1v) is 7.15. The van der Waals surface area contributed by atoms with Crippen molar-refractivity contribution in [2.24, 2.45) is 0 Å². The van der Waals surface area contributed by atoms with Crippen LogP contribution in [0.4, 0.5) is 0 Å². The van der Waals surface area contributed by atoms with E-state index < -0.39 is 6.10 Å². The maximum atomic E-state index is 10.4. The maximum Gasteiger partial charge on any atom is 0.122 e. The van der Waals surface area contributed by atoms with Crippen molar-refractivity contribution in [3.05, 3.63) is 49.8 Å². The standard InChI is InChI=1S/C12H12BrIN2O/c1-2-16-11(10(13)7-15-16)12(17)8-3-5-9(14)6-4-8/h3-7,12,17H,2H2,1H3. The van der Waals surface area contributed by atoms with Crippen LogP contribution in [0.25, 0.3) is 0 Å². The van der Waals surface area contributed by atoms with Crippen LogP contribution in [-0.2, 0) is 6.54 Å². The number of aromatic nitrogens is 2. The second-order valence-corrected chi connectivity index (χ2v) is 5.75. The van der Waals surface area contributed by atoms with Crippen molar-refractivity contribution in [1.29, 1.82) is 0 Å². The highest BCUT2D eigenvalue weighted by Gasteiger charge is 2.18. The molecule has 2 rings (SSSR count). The Morgan fingerprint density at radius 1 is 1.41 bits per heavy atom. The van der Waals surface area contributed by atoms with Gasteiger partial charge in [0.05, 0.1) is 16.4 Å². The quantitative estimate of drug-likeness (QED) is 0.793. The second-order valence-electron chi connectivity index (χ2n) is 3.65. The monoisotopic (exact) mass is 406 g/mol. The number of aryl methyl sites for hydroxylation is 1. The molecule has 17 heavy (non-hydrogen) atoms. The Balaban J connectivity index is 2.39. The van der Waals surface area contributed by atoms with Gasteiger partial charge in [-0.25, -0.2) is 0 Å². The third-order valence-electron chi connectivity index (χ3n) is 2.58. The largest absolute Gasteiger partial charge is 0.382 e. The molecule has 90 valence electrons. The van der Waals surface area contributed by atoms with Crippen molar-refractivity contribution in [2.75, 3.05) is 0 Å². The highest BCUT2D eigenvalue weighted by Crippen LogP contribution is 2.28. The number of aliphatic hydroxyl groups excluding tert-OH is 1. The van der Waals surface area contributed by atoms with E-state index in [1.54, 1.807) is 10.9 Å². The van der Waals surface area contributed by atoms with Crippen LogP contribution in [0.15, 0.2) is 34.9 Å². The molecule has 0 amide bonds. The Morgan fingerprint density at radius 3 is 2.65 bits per heavy atom. The molecule has 0 saturated carbocycles. The summed E-state index contributed by atoms with van der Waals surface area (Å²) < 4.78 is 3.79. The lowest BCUT2D eigenvalue weighted by molar-refractivity contribution is 0.207. The smallest absolute Gasteiger partial charge is 0.122 e. The molecular formula is C12H12BrIN2O. The van der Waals surface area contributed by atoms with Gasteiger partial charge in [-0.05, 0) is 63.1 Å². The van der Waals surface area contributed by atoms with Crippen molar-refractivity contribution >= 4 is 38.5 Å². The normalized spacial score (nSPS) is 12.7. The molecule has 0 fully saturated rings. The Hall–Kier alpha value is -0.400. The fourth-order valence-electron chi connectivity index (χ4n) is 1.70. The van der Waals surface area contributed by atoms with Gasteiger partial charge in [0.1, 0.15) is 6.10 Å². The molecule has 0 aliphatic heterocycles. The van der Waals surface area contributed by atoms with Crippen LogP contribution in [0.2, 0.25) is 0 Å². The van der Waals surface area contributed by atoms with Gasteiger partial charge in [0.25, 0.3) is 0 Å². The summed E-state index contributed by atoms with van der Waals surface area (Å²) in [5, 5.41) is 14.6. The minimum atomic E-state index is -0.649. The zero-order chi connectivity index (χ0) is 12.4. The number of nitrogens with zero attached hydrogens (tertiary/aromatic N) is 2. The van der Waals surface area contributed by atoms with E-state index in [1.807, 2.05) is 31.2 Å². The molecule has 1 aromatic carbocycles. The summed E-state index contributed by atoms with van der Waals surface area (Å²) >= 11 is 5.67. The highest BCUT2D eigenvalue weighted by molar-refractivity contribution is 14.1. The van der Waals surface area contributed by atoms with Crippen LogP contribution >= 0.6 is 38.5 Å². The fraction of sp³-hybridized carbons (Fsp3) is 0.250. The minimum absolute atomic E-state index is 0.649. The summed E-state index contributed by atoms with van der Waals surface area (Å²) in [6.07, 6.45) is 1.07. The lowest BCUT2D eigenvalue weighted by atomic mass is 10.1. The van der Waals surface area contributed by atoms with E-state index in [0.29, 0.717) is 0 Å². The Labute approximate surface area is 122 Å². The molecule has 0 radical (unpaired) electrons. The van der Waals surface area contributed by atoms with Gasteiger partial charge in [-0.1, -0.05) is 12.1 Å². The third kappa shape index (κ3) is 2.71. The lowest BCUT2D eigenvalue weighted by Crippen LogP contribution is -2.09. The van der Waals surface area contributed by atoms with E-state index in [2.05, 4.69) is 43.6 Å². The van der Waals surface area contributed by atoms with Gasteiger partial charge in [-0.2, -0.15) is 5.10 Å². The molecule has 5 heteroatoms. The van der Waals surface area contributed by atoms with Crippen LogP contribution in [-0.4, -0.2) is 14.9 Å². The summed E-state index contributed by atoms with van der Waals surface area (Å²) in [5.41, 5.74) is 1.68. The van der Waals surface area contributed by atoms with Crippen molar-refractivity contribution in [3.8, 4) is 0 Å². The first-order valence-electron chi connectivity index (χ1n) is 5.28. The van der Waals surface area contributed by atoms with Gasteiger partial charge in [-0.15, -0.1) is 0 Å². The van der Waals surface area contributed by atoms with Crippen LogP contribution in [0.5, 0.6) is 0 Å². The zero-order valence-corrected chi connectivity index (χ0v) is 13.0. The lowest BCUT2D eigenvalue weighted by Gasteiger charge is -2.13.